The average Bonchev–Trinajstić information content (AvgIpc) is 2.68. The summed E-state index contributed by atoms with van der Waals surface area (Å²) in [6.45, 7) is 3.08. The quantitative estimate of drug-likeness (QED) is 0.717. The van der Waals surface area contributed by atoms with E-state index in [1.165, 1.54) is 12.8 Å². The molecule has 0 aromatic carbocycles. The van der Waals surface area contributed by atoms with Crippen LogP contribution >= 0.6 is 0 Å². The van der Waals surface area contributed by atoms with Gasteiger partial charge in [-0.15, -0.1) is 0 Å². The van der Waals surface area contributed by atoms with E-state index in [-0.39, 0.29) is 19.0 Å². The largest absolute Gasteiger partial charge is 0.396 e. The number of piperidine rings is 1. The maximum atomic E-state index is 8.79. The Morgan fingerprint density at radius 3 is 2.80 bits per heavy atom. The van der Waals surface area contributed by atoms with Gasteiger partial charge in [0.15, 0.2) is 6.29 Å². The summed E-state index contributed by atoms with van der Waals surface area (Å²) in [5.41, 5.74) is 0. The van der Waals surface area contributed by atoms with Gasteiger partial charge in [-0.2, -0.15) is 0 Å². The van der Waals surface area contributed by atoms with Crippen LogP contribution in [0.4, 0.5) is 0 Å². The van der Waals surface area contributed by atoms with Gasteiger partial charge in [0.25, 0.3) is 0 Å². The van der Waals surface area contributed by atoms with E-state index in [9.17, 15) is 0 Å². The van der Waals surface area contributed by atoms with E-state index in [1.807, 2.05) is 0 Å². The first-order valence-corrected chi connectivity index (χ1v) is 5.97. The third-order valence-electron chi connectivity index (χ3n) is 3.25. The maximum absolute atomic E-state index is 8.79. The molecule has 0 radical (unpaired) electrons. The molecule has 2 heterocycles. The Bertz CT molecular complexity index is 183. The van der Waals surface area contributed by atoms with E-state index in [1.54, 1.807) is 0 Å². The Morgan fingerprint density at radius 2 is 2.07 bits per heavy atom. The van der Waals surface area contributed by atoms with Crippen LogP contribution < -0.4 is 5.32 Å². The molecule has 4 heteroatoms. The number of rotatable bonds is 4. The lowest BCUT2D eigenvalue weighted by molar-refractivity contribution is -0.0754. The van der Waals surface area contributed by atoms with Crippen molar-refractivity contribution in [2.45, 2.75) is 38.1 Å². The Labute approximate surface area is 90.9 Å². The van der Waals surface area contributed by atoms with Crippen LogP contribution in [-0.2, 0) is 9.47 Å². The molecule has 2 atom stereocenters. The highest BCUT2D eigenvalue weighted by molar-refractivity contribution is 4.73. The molecule has 15 heavy (non-hydrogen) atoms. The van der Waals surface area contributed by atoms with Gasteiger partial charge in [0.05, 0.1) is 12.7 Å². The van der Waals surface area contributed by atoms with Crippen LogP contribution in [0.5, 0.6) is 0 Å². The maximum Gasteiger partial charge on any atom is 0.158 e. The molecule has 4 nitrogen and oxygen atoms in total. The minimum atomic E-state index is -0.0235. The SMILES string of the molecule is OCCC1COC(CC2CCNCC2)O1. The van der Waals surface area contributed by atoms with Gasteiger partial charge >= 0.3 is 0 Å². The fraction of sp³-hybridized carbons (Fsp3) is 1.00. The molecule has 0 aliphatic carbocycles. The van der Waals surface area contributed by atoms with E-state index < -0.39 is 0 Å². The van der Waals surface area contributed by atoms with Crippen molar-refractivity contribution in [2.75, 3.05) is 26.3 Å². The van der Waals surface area contributed by atoms with Gasteiger partial charge in [0.2, 0.25) is 0 Å². The molecule has 2 saturated heterocycles. The Hall–Kier alpha value is -0.160. The zero-order valence-corrected chi connectivity index (χ0v) is 9.15. The molecule has 0 spiro atoms. The lowest BCUT2D eigenvalue weighted by Crippen LogP contribution is -2.30. The molecule has 0 bridgehead atoms. The number of ether oxygens (including phenoxy) is 2. The Kier molecular flexibility index (Phi) is 4.38. The molecule has 2 N–H and O–H groups in total. The van der Waals surface area contributed by atoms with Crippen molar-refractivity contribution in [1.82, 2.24) is 5.32 Å². The zero-order chi connectivity index (χ0) is 10.5. The van der Waals surface area contributed by atoms with Gasteiger partial charge in [-0.3, -0.25) is 0 Å². The average molecular weight is 215 g/mol. The van der Waals surface area contributed by atoms with Gasteiger partial charge in [0, 0.05) is 13.0 Å². The van der Waals surface area contributed by atoms with Crippen LogP contribution in [0.15, 0.2) is 0 Å². The van der Waals surface area contributed by atoms with Gasteiger partial charge in [0.1, 0.15) is 0 Å². The van der Waals surface area contributed by atoms with Crippen LogP contribution in [0.25, 0.3) is 0 Å². The van der Waals surface area contributed by atoms with Crippen molar-refractivity contribution >= 4 is 0 Å². The summed E-state index contributed by atoms with van der Waals surface area (Å²) in [6.07, 6.45) is 4.26. The van der Waals surface area contributed by atoms with E-state index in [0.29, 0.717) is 13.0 Å². The predicted octanol–water partition coefficient (Wildman–Crippen LogP) is 0.500. The lowest BCUT2D eigenvalue weighted by atomic mass is 9.94. The summed E-state index contributed by atoms with van der Waals surface area (Å²) in [4.78, 5) is 0. The standard InChI is InChI=1S/C11H21NO3/c13-6-3-10-8-14-11(15-10)7-9-1-4-12-5-2-9/h9-13H,1-8H2. The summed E-state index contributed by atoms with van der Waals surface area (Å²) >= 11 is 0. The van der Waals surface area contributed by atoms with Crippen LogP contribution in [0.3, 0.4) is 0 Å². The summed E-state index contributed by atoms with van der Waals surface area (Å²) in [6, 6.07) is 0. The van der Waals surface area contributed by atoms with Crippen molar-refractivity contribution in [3.05, 3.63) is 0 Å². The monoisotopic (exact) mass is 215 g/mol. The summed E-state index contributed by atoms with van der Waals surface area (Å²) in [5, 5.41) is 12.1. The van der Waals surface area contributed by atoms with Gasteiger partial charge in [-0.1, -0.05) is 0 Å². The molecule has 2 rings (SSSR count). The molecule has 0 saturated carbocycles. The number of aliphatic hydroxyl groups excluding tert-OH is 1. The molecular formula is C11H21NO3. The molecule has 2 aliphatic heterocycles. The molecular weight excluding hydrogens is 194 g/mol. The number of hydrogen-bond acceptors (Lipinski definition) is 4. The van der Waals surface area contributed by atoms with E-state index in [4.69, 9.17) is 14.6 Å². The molecule has 0 aromatic heterocycles. The summed E-state index contributed by atoms with van der Waals surface area (Å²) < 4.78 is 11.3. The van der Waals surface area contributed by atoms with Gasteiger partial charge in [-0.25, -0.2) is 0 Å². The smallest absolute Gasteiger partial charge is 0.158 e. The van der Waals surface area contributed by atoms with E-state index >= 15 is 0 Å². The highest BCUT2D eigenvalue weighted by Gasteiger charge is 2.28. The summed E-state index contributed by atoms with van der Waals surface area (Å²) in [7, 11) is 0. The van der Waals surface area contributed by atoms with Gasteiger partial charge in [-0.05, 0) is 38.3 Å². The molecule has 2 fully saturated rings. The highest BCUT2D eigenvalue weighted by atomic mass is 16.7. The number of nitrogens with one attached hydrogen (secondary N) is 1. The molecule has 2 unspecified atom stereocenters. The number of aliphatic hydroxyl groups is 1. The summed E-state index contributed by atoms with van der Waals surface area (Å²) in [5.74, 6) is 0.740. The van der Waals surface area contributed by atoms with Crippen LogP contribution in [0, 0.1) is 5.92 Å². The lowest BCUT2D eigenvalue weighted by Gasteiger charge is -2.24. The first-order chi connectivity index (χ1) is 7.38. The fourth-order valence-electron chi connectivity index (χ4n) is 2.32. The van der Waals surface area contributed by atoms with Crippen LogP contribution in [-0.4, -0.2) is 43.8 Å². The van der Waals surface area contributed by atoms with Crippen molar-refractivity contribution in [3.8, 4) is 0 Å². The molecule has 0 aromatic rings. The highest BCUT2D eigenvalue weighted by Crippen LogP contribution is 2.24. The minimum absolute atomic E-state index is 0.0235. The van der Waals surface area contributed by atoms with Crippen molar-refractivity contribution in [2.24, 2.45) is 5.92 Å². The van der Waals surface area contributed by atoms with Crippen LogP contribution in [0.2, 0.25) is 0 Å². The molecule has 88 valence electrons. The second kappa shape index (κ2) is 5.80. The molecule has 2 aliphatic rings. The van der Waals surface area contributed by atoms with Crippen molar-refractivity contribution in [1.29, 1.82) is 0 Å². The predicted molar refractivity (Wildman–Crippen MR) is 56.5 cm³/mol. The minimum Gasteiger partial charge on any atom is -0.396 e. The Balaban J connectivity index is 1.67. The normalized spacial score (nSPS) is 33.4. The Morgan fingerprint density at radius 1 is 1.27 bits per heavy atom. The topological polar surface area (TPSA) is 50.7 Å². The first kappa shape index (κ1) is 11.3. The van der Waals surface area contributed by atoms with E-state index in [2.05, 4.69) is 5.32 Å². The first-order valence-electron chi connectivity index (χ1n) is 5.97. The second-order valence-corrected chi connectivity index (χ2v) is 4.46. The third-order valence-corrected chi connectivity index (χ3v) is 3.25. The second-order valence-electron chi connectivity index (χ2n) is 4.46. The third kappa shape index (κ3) is 3.41. The number of hydrogen-bond donors (Lipinski definition) is 2. The molecule has 0 amide bonds. The van der Waals surface area contributed by atoms with Gasteiger partial charge < -0.3 is 19.9 Å². The van der Waals surface area contributed by atoms with Crippen molar-refractivity contribution in [3.63, 3.8) is 0 Å². The van der Waals surface area contributed by atoms with E-state index in [0.717, 1.165) is 25.4 Å². The zero-order valence-electron chi connectivity index (χ0n) is 9.15. The fourth-order valence-corrected chi connectivity index (χ4v) is 2.32. The van der Waals surface area contributed by atoms with Crippen molar-refractivity contribution < 1.29 is 14.6 Å². The van der Waals surface area contributed by atoms with Crippen LogP contribution in [0.1, 0.15) is 25.7 Å².